The van der Waals surface area contributed by atoms with Crippen molar-refractivity contribution in [1.82, 2.24) is 10.2 Å². The van der Waals surface area contributed by atoms with Crippen LogP contribution in [0.4, 0.5) is 0 Å². The SMILES string of the molecule is Cc1cc(C)cc(CSCC(=O)N(Cc2cccc(C)c2)C(Cc2ccccc2)C(=O)NC2CCCC2)c1. The quantitative estimate of drug-likeness (QED) is 0.307. The highest BCUT2D eigenvalue weighted by Gasteiger charge is 2.32. The number of nitrogens with one attached hydrogen (secondary N) is 1. The minimum atomic E-state index is -0.562. The lowest BCUT2D eigenvalue weighted by Gasteiger charge is -2.32. The third-order valence-electron chi connectivity index (χ3n) is 7.18. The van der Waals surface area contributed by atoms with E-state index in [2.05, 4.69) is 56.4 Å². The van der Waals surface area contributed by atoms with Crippen molar-refractivity contribution < 1.29 is 9.59 Å². The second-order valence-corrected chi connectivity index (χ2v) is 11.7. The molecule has 1 saturated carbocycles. The van der Waals surface area contributed by atoms with Gasteiger partial charge in [0.1, 0.15) is 6.04 Å². The van der Waals surface area contributed by atoms with Crippen LogP contribution in [0.5, 0.6) is 0 Å². The molecule has 5 heteroatoms. The zero-order chi connectivity index (χ0) is 26.9. The van der Waals surface area contributed by atoms with Crippen LogP contribution in [0.2, 0.25) is 0 Å². The van der Waals surface area contributed by atoms with Gasteiger partial charge in [-0.05, 0) is 50.3 Å². The Kier molecular flexibility index (Phi) is 10.1. The second-order valence-electron chi connectivity index (χ2n) is 10.7. The van der Waals surface area contributed by atoms with Gasteiger partial charge in [0.15, 0.2) is 0 Å². The van der Waals surface area contributed by atoms with Crippen LogP contribution in [-0.2, 0) is 28.3 Å². The summed E-state index contributed by atoms with van der Waals surface area (Å²) in [6.07, 6.45) is 4.83. The molecule has 1 aliphatic carbocycles. The maximum absolute atomic E-state index is 13.9. The molecule has 0 aliphatic heterocycles. The van der Waals surface area contributed by atoms with Crippen LogP contribution in [-0.4, -0.2) is 34.6 Å². The van der Waals surface area contributed by atoms with Gasteiger partial charge in [-0.25, -0.2) is 0 Å². The highest BCUT2D eigenvalue weighted by atomic mass is 32.2. The van der Waals surface area contributed by atoms with Gasteiger partial charge in [-0.3, -0.25) is 9.59 Å². The minimum absolute atomic E-state index is 0.00313. The topological polar surface area (TPSA) is 49.4 Å². The molecule has 0 spiro atoms. The molecule has 1 N–H and O–H groups in total. The van der Waals surface area contributed by atoms with E-state index in [0.29, 0.717) is 18.7 Å². The molecule has 0 bridgehead atoms. The van der Waals surface area contributed by atoms with Crippen molar-refractivity contribution in [3.05, 3.63) is 106 Å². The number of carbonyl (C=O) groups excluding carboxylic acids is 2. The molecule has 0 radical (unpaired) electrons. The van der Waals surface area contributed by atoms with Crippen molar-refractivity contribution in [2.45, 2.75) is 77.3 Å². The molecule has 3 aromatic carbocycles. The van der Waals surface area contributed by atoms with E-state index in [-0.39, 0.29) is 17.9 Å². The molecule has 0 saturated heterocycles. The van der Waals surface area contributed by atoms with Crippen LogP contribution >= 0.6 is 11.8 Å². The predicted octanol–water partition coefficient (Wildman–Crippen LogP) is 6.54. The summed E-state index contributed by atoms with van der Waals surface area (Å²) in [4.78, 5) is 29.4. The number of thioether (sulfide) groups is 1. The molecule has 1 aliphatic rings. The first-order chi connectivity index (χ1) is 18.4. The fourth-order valence-corrected chi connectivity index (χ4v) is 6.26. The number of benzene rings is 3. The average molecular weight is 529 g/mol. The van der Waals surface area contributed by atoms with Crippen molar-refractivity contribution in [3.63, 3.8) is 0 Å². The van der Waals surface area contributed by atoms with Crippen LogP contribution < -0.4 is 5.32 Å². The van der Waals surface area contributed by atoms with Gasteiger partial charge in [0.05, 0.1) is 5.75 Å². The van der Waals surface area contributed by atoms with Gasteiger partial charge in [-0.15, -0.1) is 11.8 Å². The van der Waals surface area contributed by atoms with Crippen LogP contribution in [0, 0.1) is 20.8 Å². The van der Waals surface area contributed by atoms with Gasteiger partial charge in [0.25, 0.3) is 0 Å². The minimum Gasteiger partial charge on any atom is -0.352 e. The van der Waals surface area contributed by atoms with Crippen molar-refractivity contribution in [2.24, 2.45) is 0 Å². The van der Waals surface area contributed by atoms with Crippen LogP contribution in [0.1, 0.15) is 59.1 Å². The van der Waals surface area contributed by atoms with Crippen molar-refractivity contribution >= 4 is 23.6 Å². The van der Waals surface area contributed by atoms with E-state index in [1.165, 1.54) is 16.7 Å². The molecule has 1 fully saturated rings. The Balaban J connectivity index is 1.56. The van der Waals surface area contributed by atoms with Crippen molar-refractivity contribution in [1.29, 1.82) is 0 Å². The lowest BCUT2D eigenvalue weighted by atomic mass is 10.0. The first kappa shape index (κ1) is 28.0. The first-order valence-corrected chi connectivity index (χ1v) is 14.9. The normalized spacial score (nSPS) is 14.3. The van der Waals surface area contributed by atoms with E-state index < -0.39 is 6.04 Å². The van der Waals surface area contributed by atoms with E-state index >= 15 is 0 Å². The van der Waals surface area contributed by atoms with E-state index in [9.17, 15) is 9.59 Å². The predicted molar refractivity (Wildman–Crippen MR) is 158 cm³/mol. The number of aryl methyl sites for hydroxylation is 3. The Hall–Kier alpha value is -3.05. The fourth-order valence-electron chi connectivity index (χ4n) is 5.42. The first-order valence-electron chi connectivity index (χ1n) is 13.7. The second kappa shape index (κ2) is 13.7. The van der Waals surface area contributed by atoms with Crippen LogP contribution in [0.25, 0.3) is 0 Å². The van der Waals surface area contributed by atoms with Gasteiger partial charge in [-0.1, -0.05) is 102 Å². The van der Waals surface area contributed by atoms with Gasteiger partial charge in [0.2, 0.25) is 11.8 Å². The Bertz CT molecular complexity index is 1200. The lowest BCUT2D eigenvalue weighted by molar-refractivity contribution is -0.139. The molecule has 38 heavy (non-hydrogen) atoms. The number of hydrogen-bond donors (Lipinski definition) is 1. The highest BCUT2D eigenvalue weighted by molar-refractivity contribution is 7.99. The summed E-state index contributed by atoms with van der Waals surface area (Å²) in [5.41, 5.74) is 6.95. The summed E-state index contributed by atoms with van der Waals surface area (Å²) >= 11 is 1.62. The van der Waals surface area contributed by atoms with Crippen LogP contribution in [0.3, 0.4) is 0 Å². The fraction of sp³-hybridized carbons (Fsp3) is 0.394. The number of nitrogens with zero attached hydrogens (tertiary/aromatic N) is 1. The molecule has 3 aromatic rings. The average Bonchev–Trinajstić information content (AvgIpc) is 3.39. The maximum Gasteiger partial charge on any atom is 0.243 e. The largest absolute Gasteiger partial charge is 0.352 e. The summed E-state index contributed by atoms with van der Waals surface area (Å²) in [5, 5.41) is 3.29. The van der Waals surface area contributed by atoms with Crippen molar-refractivity contribution in [2.75, 3.05) is 5.75 Å². The third kappa shape index (κ3) is 8.22. The van der Waals surface area contributed by atoms with Crippen molar-refractivity contribution in [3.8, 4) is 0 Å². The van der Waals surface area contributed by atoms with Crippen LogP contribution in [0.15, 0.2) is 72.8 Å². The smallest absolute Gasteiger partial charge is 0.243 e. The molecule has 0 aromatic heterocycles. The zero-order valence-corrected chi connectivity index (χ0v) is 23.7. The van der Waals surface area contributed by atoms with E-state index in [0.717, 1.165) is 48.1 Å². The molecule has 2 amide bonds. The molecule has 200 valence electrons. The summed E-state index contributed by atoms with van der Waals surface area (Å²) in [5.74, 6) is 1.06. The summed E-state index contributed by atoms with van der Waals surface area (Å²) in [6.45, 7) is 6.68. The lowest BCUT2D eigenvalue weighted by Crippen LogP contribution is -2.52. The monoisotopic (exact) mass is 528 g/mol. The zero-order valence-electron chi connectivity index (χ0n) is 22.9. The van der Waals surface area contributed by atoms with E-state index in [1.807, 2.05) is 47.4 Å². The third-order valence-corrected chi connectivity index (χ3v) is 8.17. The maximum atomic E-state index is 13.9. The van der Waals surface area contributed by atoms with Gasteiger partial charge < -0.3 is 10.2 Å². The van der Waals surface area contributed by atoms with Gasteiger partial charge >= 0.3 is 0 Å². The number of carbonyl (C=O) groups is 2. The Morgan fingerprint density at radius 3 is 2.18 bits per heavy atom. The standard InChI is InChI=1S/C33H40N2O2S/c1-24-10-9-13-28(17-24)21-35(32(36)23-38-22-29-18-25(2)16-26(3)19-29)31(20-27-11-5-4-6-12-27)33(37)34-30-14-7-8-15-30/h4-6,9-13,16-19,30-31H,7-8,14-15,20-23H2,1-3H3,(H,34,37). The Labute approximate surface area is 232 Å². The molecular formula is C33H40N2O2S. The van der Waals surface area contributed by atoms with Gasteiger partial charge in [0, 0.05) is 24.8 Å². The molecular weight excluding hydrogens is 488 g/mol. The molecule has 0 heterocycles. The van der Waals surface area contributed by atoms with E-state index in [1.54, 1.807) is 11.8 Å². The summed E-state index contributed by atoms with van der Waals surface area (Å²) < 4.78 is 0. The Morgan fingerprint density at radius 1 is 0.842 bits per heavy atom. The summed E-state index contributed by atoms with van der Waals surface area (Å²) in [6, 6.07) is 24.5. The molecule has 4 nitrogen and oxygen atoms in total. The number of rotatable bonds is 11. The molecule has 1 atom stereocenters. The highest BCUT2D eigenvalue weighted by Crippen LogP contribution is 2.22. The van der Waals surface area contributed by atoms with E-state index in [4.69, 9.17) is 0 Å². The number of amides is 2. The molecule has 1 unspecified atom stereocenters. The Morgan fingerprint density at radius 2 is 1.50 bits per heavy atom. The molecule has 4 rings (SSSR count). The van der Waals surface area contributed by atoms with Gasteiger partial charge in [-0.2, -0.15) is 0 Å². The number of hydrogen-bond acceptors (Lipinski definition) is 3. The summed E-state index contributed by atoms with van der Waals surface area (Å²) in [7, 11) is 0.